The normalized spacial score (nSPS) is 14.0. The van der Waals surface area contributed by atoms with Gasteiger partial charge in [0, 0.05) is 62.9 Å². The topological polar surface area (TPSA) is 115 Å². The predicted molar refractivity (Wildman–Crippen MR) is 122 cm³/mol. The summed E-state index contributed by atoms with van der Waals surface area (Å²) in [4.78, 5) is 32.1. The van der Waals surface area contributed by atoms with Gasteiger partial charge in [-0.1, -0.05) is 0 Å². The third-order valence-corrected chi connectivity index (χ3v) is 5.50. The summed E-state index contributed by atoms with van der Waals surface area (Å²) in [7, 11) is 0. The van der Waals surface area contributed by atoms with Gasteiger partial charge in [0.15, 0.2) is 11.4 Å². The number of piperazine rings is 1. The number of amides is 1. The second-order valence-corrected chi connectivity index (χ2v) is 7.59. The van der Waals surface area contributed by atoms with Crippen LogP contribution in [0.1, 0.15) is 12.7 Å². The Morgan fingerprint density at radius 1 is 1.12 bits per heavy atom. The smallest absolute Gasteiger partial charge is 0.229 e. The van der Waals surface area contributed by atoms with E-state index in [0.29, 0.717) is 29.4 Å². The van der Waals surface area contributed by atoms with Crippen LogP contribution in [0, 0.1) is 0 Å². The number of hydrogen-bond donors (Lipinski definition) is 3. The van der Waals surface area contributed by atoms with Crippen LogP contribution in [0.3, 0.4) is 0 Å². The number of rotatable bonds is 6. The molecule has 1 aliphatic heterocycles. The average molecular weight is 432 g/mol. The SMILES string of the molecule is CC(=O)N1CCN(c2ccc(Nc3nc(NCc4ncc[nH]4)c4occc4n3)cc2)CC1. The molecule has 10 heteroatoms. The van der Waals surface area contributed by atoms with E-state index in [2.05, 4.69) is 47.6 Å². The number of carbonyl (C=O) groups excluding carboxylic acids is 1. The highest BCUT2D eigenvalue weighted by atomic mass is 16.3. The number of anilines is 4. The van der Waals surface area contributed by atoms with Crippen LogP contribution >= 0.6 is 0 Å². The van der Waals surface area contributed by atoms with Gasteiger partial charge in [-0.25, -0.2) is 9.97 Å². The first-order chi connectivity index (χ1) is 15.7. The van der Waals surface area contributed by atoms with E-state index in [1.807, 2.05) is 23.1 Å². The molecular weight excluding hydrogens is 408 g/mol. The Labute approximate surface area is 184 Å². The molecule has 0 aliphatic carbocycles. The fraction of sp³-hybridized carbons (Fsp3) is 0.273. The molecule has 3 aromatic heterocycles. The zero-order valence-corrected chi connectivity index (χ0v) is 17.7. The van der Waals surface area contributed by atoms with Crippen molar-refractivity contribution in [3.63, 3.8) is 0 Å². The number of aromatic amines is 1. The number of carbonyl (C=O) groups is 1. The molecule has 1 fully saturated rings. The van der Waals surface area contributed by atoms with Crippen LogP contribution in [-0.4, -0.2) is 56.9 Å². The fourth-order valence-electron chi connectivity index (χ4n) is 3.77. The highest BCUT2D eigenvalue weighted by Gasteiger charge is 2.18. The van der Waals surface area contributed by atoms with Gasteiger partial charge in [0.1, 0.15) is 11.3 Å². The van der Waals surface area contributed by atoms with Crippen LogP contribution in [-0.2, 0) is 11.3 Å². The molecule has 1 saturated heterocycles. The standard InChI is InChI=1S/C22H24N8O2/c1-15(31)29-9-11-30(12-10-29)17-4-2-16(3-5-17)26-22-27-18-6-13-32-20(18)21(28-22)25-14-19-23-7-8-24-19/h2-8,13H,9-12,14H2,1H3,(H,23,24)(H2,25,26,27,28). The van der Waals surface area contributed by atoms with Gasteiger partial charge in [-0.15, -0.1) is 0 Å². The van der Waals surface area contributed by atoms with E-state index in [4.69, 9.17) is 4.42 Å². The van der Waals surface area contributed by atoms with Crippen LogP contribution in [0.5, 0.6) is 0 Å². The van der Waals surface area contributed by atoms with Gasteiger partial charge in [0.2, 0.25) is 11.9 Å². The van der Waals surface area contributed by atoms with Gasteiger partial charge >= 0.3 is 0 Å². The van der Waals surface area contributed by atoms with E-state index >= 15 is 0 Å². The van der Waals surface area contributed by atoms with Gasteiger partial charge < -0.3 is 29.8 Å². The maximum absolute atomic E-state index is 11.5. The first-order valence-electron chi connectivity index (χ1n) is 10.5. The molecule has 1 aliphatic rings. The lowest BCUT2D eigenvalue weighted by atomic mass is 10.2. The Morgan fingerprint density at radius 2 is 1.94 bits per heavy atom. The predicted octanol–water partition coefficient (Wildman–Crippen LogP) is 2.97. The molecule has 0 unspecified atom stereocenters. The largest absolute Gasteiger partial charge is 0.459 e. The van der Waals surface area contributed by atoms with Crippen molar-refractivity contribution in [1.82, 2.24) is 24.8 Å². The number of H-pyrrole nitrogens is 1. The lowest BCUT2D eigenvalue weighted by Crippen LogP contribution is -2.48. The Balaban J connectivity index is 1.28. The number of furan rings is 1. The highest BCUT2D eigenvalue weighted by molar-refractivity contribution is 5.85. The minimum absolute atomic E-state index is 0.136. The van der Waals surface area contributed by atoms with Gasteiger partial charge in [0.25, 0.3) is 0 Å². The highest BCUT2D eigenvalue weighted by Crippen LogP contribution is 2.26. The second kappa shape index (κ2) is 8.58. The maximum Gasteiger partial charge on any atom is 0.229 e. The third-order valence-electron chi connectivity index (χ3n) is 5.50. The molecule has 164 valence electrons. The molecule has 3 N–H and O–H groups in total. The Kier molecular flexibility index (Phi) is 5.32. The maximum atomic E-state index is 11.5. The molecule has 0 saturated carbocycles. The summed E-state index contributed by atoms with van der Waals surface area (Å²) in [6.45, 7) is 5.28. The van der Waals surface area contributed by atoms with E-state index in [9.17, 15) is 4.79 Å². The molecular formula is C22H24N8O2. The minimum atomic E-state index is 0.136. The van der Waals surface area contributed by atoms with Crippen molar-refractivity contribution in [2.75, 3.05) is 41.7 Å². The molecule has 1 aromatic carbocycles. The zero-order valence-electron chi connectivity index (χ0n) is 17.7. The summed E-state index contributed by atoms with van der Waals surface area (Å²) in [5, 5.41) is 6.53. The average Bonchev–Trinajstić information content (AvgIpc) is 3.50. The van der Waals surface area contributed by atoms with Crippen LogP contribution in [0.15, 0.2) is 53.4 Å². The van der Waals surface area contributed by atoms with Crippen LogP contribution in [0.25, 0.3) is 11.1 Å². The van der Waals surface area contributed by atoms with Crippen molar-refractivity contribution in [3.8, 4) is 0 Å². The zero-order chi connectivity index (χ0) is 21.9. The number of nitrogens with one attached hydrogen (secondary N) is 3. The second-order valence-electron chi connectivity index (χ2n) is 7.59. The van der Waals surface area contributed by atoms with E-state index in [0.717, 1.165) is 43.4 Å². The van der Waals surface area contributed by atoms with Crippen molar-refractivity contribution < 1.29 is 9.21 Å². The van der Waals surface area contributed by atoms with Crippen molar-refractivity contribution in [2.45, 2.75) is 13.5 Å². The molecule has 1 amide bonds. The minimum Gasteiger partial charge on any atom is -0.459 e. The number of aromatic nitrogens is 4. The van der Waals surface area contributed by atoms with Crippen molar-refractivity contribution in [3.05, 3.63) is 54.8 Å². The molecule has 0 atom stereocenters. The van der Waals surface area contributed by atoms with E-state index < -0.39 is 0 Å². The molecule has 10 nitrogen and oxygen atoms in total. The summed E-state index contributed by atoms with van der Waals surface area (Å²) in [5.41, 5.74) is 3.33. The molecule has 5 rings (SSSR count). The van der Waals surface area contributed by atoms with Gasteiger partial charge in [-0.3, -0.25) is 4.79 Å². The monoisotopic (exact) mass is 432 g/mol. The molecule has 0 radical (unpaired) electrons. The summed E-state index contributed by atoms with van der Waals surface area (Å²) in [6.07, 6.45) is 5.08. The molecule has 4 aromatic rings. The van der Waals surface area contributed by atoms with E-state index in [-0.39, 0.29) is 5.91 Å². The Morgan fingerprint density at radius 3 is 2.66 bits per heavy atom. The van der Waals surface area contributed by atoms with Crippen molar-refractivity contribution >= 4 is 40.1 Å². The van der Waals surface area contributed by atoms with Crippen LogP contribution < -0.4 is 15.5 Å². The first-order valence-corrected chi connectivity index (χ1v) is 10.5. The number of fused-ring (bicyclic) bond motifs is 1. The third kappa shape index (κ3) is 4.20. The quantitative estimate of drug-likeness (QED) is 0.426. The first kappa shape index (κ1) is 19.9. The van der Waals surface area contributed by atoms with Crippen molar-refractivity contribution in [1.29, 1.82) is 0 Å². The Hall–Kier alpha value is -4.08. The molecule has 32 heavy (non-hydrogen) atoms. The number of hydrogen-bond acceptors (Lipinski definition) is 8. The Bertz CT molecular complexity index is 1190. The van der Waals surface area contributed by atoms with Crippen molar-refractivity contribution in [2.24, 2.45) is 0 Å². The molecule has 4 heterocycles. The fourth-order valence-corrected chi connectivity index (χ4v) is 3.77. The number of nitrogens with zero attached hydrogens (tertiary/aromatic N) is 5. The number of imidazole rings is 1. The van der Waals surface area contributed by atoms with Gasteiger partial charge in [-0.05, 0) is 24.3 Å². The molecule has 0 spiro atoms. The van der Waals surface area contributed by atoms with Crippen LogP contribution in [0.4, 0.5) is 23.1 Å². The van der Waals surface area contributed by atoms with Gasteiger partial charge in [-0.2, -0.15) is 4.98 Å². The van der Waals surface area contributed by atoms with E-state index in [1.165, 1.54) is 0 Å². The summed E-state index contributed by atoms with van der Waals surface area (Å²) in [5.74, 6) is 2.01. The van der Waals surface area contributed by atoms with E-state index in [1.54, 1.807) is 25.6 Å². The lowest BCUT2D eigenvalue weighted by molar-refractivity contribution is -0.129. The molecule has 0 bridgehead atoms. The summed E-state index contributed by atoms with van der Waals surface area (Å²) < 4.78 is 5.55. The summed E-state index contributed by atoms with van der Waals surface area (Å²) >= 11 is 0. The van der Waals surface area contributed by atoms with Crippen LogP contribution in [0.2, 0.25) is 0 Å². The number of benzene rings is 1. The summed E-state index contributed by atoms with van der Waals surface area (Å²) in [6, 6.07) is 9.96. The lowest BCUT2D eigenvalue weighted by Gasteiger charge is -2.35. The van der Waals surface area contributed by atoms with Gasteiger partial charge in [0.05, 0.1) is 12.8 Å².